The summed E-state index contributed by atoms with van der Waals surface area (Å²) in [5.74, 6) is 1.80. The van der Waals surface area contributed by atoms with Crippen molar-refractivity contribution in [3.8, 4) is 0 Å². The molecular formula is C17H28O2. The summed E-state index contributed by atoms with van der Waals surface area (Å²) in [6.07, 6.45) is 3.62. The van der Waals surface area contributed by atoms with Crippen molar-refractivity contribution in [2.75, 3.05) is 0 Å². The number of ether oxygens (including phenoxy) is 1. The van der Waals surface area contributed by atoms with E-state index in [-0.39, 0.29) is 17.5 Å². The second-order valence-electron chi connectivity index (χ2n) is 7.44. The zero-order valence-electron chi connectivity index (χ0n) is 13.2. The number of hydrogen-bond donors (Lipinski definition) is 0. The Morgan fingerprint density at radius 1 is 1.37 bits per heavy atom. The first kappa shape index (κ1) is 14.6. The van der Waals surface area contributed by atoms with Crippen molar-refractivity contribution in [2.24, 2.45) is 23.2 Å². The van der Waals surface area contributed by atoms with Crippen LogP contribution in [0.3, 0.4) is 0 Å². The van der Waals surface area contributed by atoms with Crippen LogP contribution in [0.2, 0.25) is 0 Å². The second-order valence-corrected chi connectivity index (χ2v) is 7.44. The SMILES string of the molecule is CC(=O)O[C@H]1C(C(C)C)=C2CC[C@H](C)[C@H]2CC1(C)C. The largest absolute Gasteiger partial charge is 0.457 e. The summed E-state index contributed by atoms with van der Waals surface area (Å²) in [5, 5.41) is 0. The smallest absolute Gasteiger partial charge is 0.303 e. The van der Waals surface area contributed by atoms with Gasteiger partial charge in [0.25, 0.3) is 0 Å². The lowest BCUT2D eigenvalue weighted by Crippen LogP contribution is -2.43. The van der Waals surface area contributed by atoms with E-state index in [4.69, 9.17) is 4.74 Å². The van der Waals surface area contributed by atoms with Gasteiger partial charge in [-0.15, -0.1) is 0 Å². The summed E-state index contributed by atoms with van der Waals surface area (Å²) < 4.78 is 5.73. The van der Waals surface area contributed by atoms with Crippen molar-refractivity contribution in [3.63, 3.8) is 0 Å². The highest BCUT2D eigenvalue weighted by Gasteiger charge is 2.47. The Morgan fingerprint density at radius 3 is 2.53 bits per heavy atom. The molecule has 3 atom stereocenters. The molecule has 1 saturated carbocycles. The quantitative estimate of drug-likeness (QED) is 0.547. The van der Waals surface area contributed by atoms with Gasteiger partial charge in [0.1, 0.15) is 6.10 Å². The number of carbonyl (C=O) groups excluding carboxylic acids is 1. The first-order valence-corrected chi connectivity index (χ1v) is 7.64. The third-order valence-corrected chi connectivity index (χ3v) is 5.02. The van der Waals surface area contributed by atoms with Crippen LogP contribution in [0.15, 0.2) is 11.1 Å². The Labute approximate surface area is 117 Å². The van der Waals surface area contributed by atoms with Crippen molar-refractivity contribution in [1.82, 2.24) is 0 Å². The van der Waals surface area contributed by atoms with E-state index >= 15 is 0 Å². The summed E-state index contributed by atoms with van der Waals surface area (Å²) in [7, 11) is 0. The van der Waals surface area contributed by atoms with Crippen LogP contribution in [0.4, 0.5) is 0 Å². The summed E-state index contributed by atoms with van der Waals surface area (Å²) in [5.41, 5.74) is 3.08. The van der Waals surface area contributed by atoms with E-state index in [1.165, 1.54) is 25.3 Å². The molecule has 0 saturated heterocycles. The number of rotatable bonds is 2. The van der Waals surface area contributed by atoms with E-state index in [1.54, 1.807) is 5.57 Å². The van der Waals surface area contributed by atoms with Crippen molar-refractivity contribution in [3.05, 3.63) is 11.1 Å². The van der Waals surface area contributed by atoms with Crippen LogP contribution in [-0.4, -0.2) is 12.1 Å². The first-order valence-electron chi connectivity index (χ1n) is 7.64. The average Bonchev–Trinajstić information content (AvgIpc) is 2.59. The average molecular weight is 264 g/mol. The van der Waals surface area contributed by atoms with Gasteiger partial charge in [-0.3, -0.25) is 4.79 Å². The van der Waals surface area contributed by atoms with Gasteiger partial charge < -0.3 is 4.74 Å². The molecule has 0 aromatic heterocycles. The molecule has 2 aliphatic rings. The Balaban J connectivity index is 2.47. The highest BCUT2D eigenvalue weighted by Crippen LogP contribution is 2.53. The standard InChI is InChI=1S/C17H28O2/c1-10(2)15-13-8-7-11(3)14(13)9-17(5,6)16(15)19-12(4)18/h10-11,14,16H,7-9H2,1-6H3/t11-,14+,16-/m0/s1. The fourth-order valence-electron chi connectivity index (χ4n) is 4.12. The molecule has 0 N–H and O–H groups in total. The zero-order chi connectivity index (χ0) is 14.4. The van der Waals surface area contributed by atoms with Gasteiger partial charge in [-0.2, -0.15) is 0 Å². The van der Waals surface area contributed by atoms with Crippen LogP contribution in [0.5, 0.6) is 0 Å². The van der Waals surface area contributed by atoms with Crippen LogP contribution in [0, 0.1) is 23.2 Å². The van der Waals surface area contributed by atoms with Gasteiger partial charge >= 0.3 is 5.97 Å². The summed E-state index contributed by atoms with van der Waals surface area (Å²) in [6.45, 7) is 12.9. The minimum Gasteiger partial charge on any atom is -0.457 e. The molecule has 0 bridgehead atoms. The van der Waals surface area contributed by atoms with Crippen LogP contribution >= 0.6 is 0 Å². The van der Waals surface area contributed by atoms with Gasteiger partial charge in [0, 0.05) is 12.3 Å². The van der Waals surface area contributed by atoms with Gasteiger partial charge in [0.2, 0.25) is 0 Å². The van der Waals surface area contributed by atoms with E-state index in [9.17, 15) is 4.79 Å². The fourth-order valence-corrected chi connectivity index (χ4v) is 4.12. The molecule has 2 aliphatic carbocycles. The molecule has 0 aromatic rings. The van der Waals surface area contributed by atoms with E-state index in [0.29, 0.717) is 11.8 Å². The van der Waals surface area contributed by atoms with Crippen molar-refractivity contribution in [1.29, 1.82) is 0 Å². The Bertz CT molecular complexity index is 403. The second kappa shape index (κ2) is 4.96. The van der Waals surface area contributed by atoms with Gasteiger partial charge in [-0.25, -0.2) is 0 Å². The summed E-state index contributed by atoms with van der Waals surface area (Å²) in [6, 6.07) is 0. The summed E-state index contributed by atoms with van der Waals surface area (Å²) in [4.78, 5) is 11.5. The predicted octanol–water partition coefficient (Wildman–Crippen LogP) is 4.35. The Hall–Kier alpha value is -0.790. The lowest BCUT2D eigenvalue weighted by atomic mass is 9.64. The molecule has 0 radical (unpaired) electrons. The molecule has 2 nitrogen and oxygen atoms in total. The van der Waals surface area contributed by atoms with Crippen LogP contribution < -0.4 is 0 Å². The molecule has 0 aliphatic heterocycles. The van der Waals surface area contributed by atoms with Crippen molar-refractivity contribution in [2.45, 2.75) is 66.9 Å². The first-order chi connectivity index (χ1) is 8.74. The third kappa shape index (κ3) is 2.59. The maximum atomic E-state index is 11.5. The molecule has 108 valence electrons. The van der Waals surface area contributed by atoms with E-state index in [2.05, 4.69) is 34.6 Å². The van der Waals surface area contributed by atoms with Crippen LogP contribution in [0.1, 0.15) is 60.8 Å². The van der Waals surface area contributed by atoms with E-state index in [0.717, 1.165) is 12.3 Å². The predicted molar refractivity (Wildman–Crippen MR) is 77.7 cm³/mol. The van der Waals surface area contributed by atoms with Gasteiger partial charge in [-0.1, -0.05) is 40.2 Å². The number of esters is 1. The molecule has 0 heterocycles. The number of allylic oxidation sites excluding steroid dienone is 1. The molecule has 1 fully saturated rings. The molecule has 0 spiro atoms. The molecule has 0 unspecified atom stereocenters. The number of hydrogen-bond acceptors (Lipinski definition) is 2. The highest BCUT2D eigenvalue weighted by atomic mass is 16.5. The van der Waals surface area contributed by atoms with Crippen molar-refractivity contribution >= 4 is 5.97 Å². The number of carbonyl (C=O) groups is 1. The molecule has 0 aromatic carbocycles. The molecule has 2 heteroatoms. The Morgan fingerprint density at radius 2 is 2.00 bits per heavy atom. The highest BCUT2D eigenvalue weighted by molar-refractivity contribution is 5.66. The van der Waals surface area contributed by atoms with Gasteiger partial charge in [0.05, 0.1) is 0 Å². The maximum Gasteiger partial charge on any atom is 0.303 e. The van der Waals surface area contributed by atoms with Gasteiger partial charge in [-0.05, 0) is 42.6 Å². The third-order valence-electron chi connectivity index (χ3n) is 5.02. The molecule has 19 heavy (non-hydrogen) atoms. The molecular weight excluding hydrogens is 236 g/mol. The molecule has 0 amide bonds. The fraction of sp³-hybridized carbons (Fsp3) is 0.824. The van der Waals surface area contributed by atoms with Gasteiger partial charge in [0.15, 0.2) is 0 Å². The van der Waals surface area contributed by atoms with Crippen LogP contribution in [-0.2, 0) is 9.53 Å². The lowest BCUT2D eigenvalue weighted by molar-refractivity contribution is -0.151. The van der Waals surface area contributed by atoms with E-state index in [1.807, 2.05) is 0 Å². The summed E-state index contributed by atoms with van der Waals surface area (Å²) >= 11 is 0. The normalized spacial score (nSPS) is 33.5. The zero-order valence-corrected chi connectivity index (χ0v) is 13.2. The van der Waals surface area contributed by atoms with Crippen molar-refractivity contribution < 1.29 is 9.53 Å². The maximum absolute atomic E-state index is 11.5. The lowest BCUT2D eigenvalue weighted by Gasteiger charge is -2.45. The minimum absolute atomic E-state index is 0.0263. The monoisotopic (exact) mass is 264 g/mol. The van der Waals surface area contributed by atoms with E-state index < -0.39 is 0 Å². The minimum atomic E-state index is -0.152. The number of fused-ring (bicyclic) bond motifs is 1. The topological polar surface area (TPSA) is 26.3 Å². The Kier molecular flexibility index (Phi) is 3.81. The van der Waals surface area contributed by atoms with Crippen LogP contribution in [0.25, 0.3) is 0 Å². The molecule has 2 rings (SSSR count).